The zero-order valence-electron chi connectivity index (χ0n) is 14.8. The number of halogens is 1. The van der Waals surface area contributed by atoms with Crippen molar-refractivity contribution < 1.29 is 9.53 Å². The average molecular weight is 363 g/mol. The molecule has 0 saturated carbocycles. The SMILES string of the molecule is CC(C)(C)OC(=O)N1CCC(c2ccn(-c3ccc(Cl)cn3)n2)CC1. The highest BCUT2D eigenvalue weighted by atomic mass is 35.5. The fourth-order valence-corrected chi connectivity index (χ4v) is 2.98. The molecule has 1 saturated heterocycles. The van der Waals surface area contributed by atoms with Gasteiger partial charge in [0.15, 0.2) is 5.82 Å². The maximum absolute atomic E-state index is 12.1. The van der Waals surface area contributed by atoms with Crippen LogP contribution in [0.1, 0.15) is 45.2 Å². The van der Waals surface area contributed by atoms with Crippen LogP contribution in [0.2, 0.25) is 5.02 Å². The fourth-order valence-electron chi connectivity index (χ4n) is 2.87. The molecule has 0 aliphatic carbocycles. The molecule has 1 aliphatic rings. The molecule has 1 amide bonds. The first-order valence-electron chi connectivity index (χ1n) is 8.47. The fraction of sp³-hybridized carbons (Fsp3) is 0.500. The summed E-state index contributed by atoms with van der Waals surface area (Å²) in [4.78, 5) is 18.2. The monoisotopic (exact) mass is 362 g/mol. The van der Waals surface area contributed by atoms with Crippen molar-refractivity contribution in [3.63, 3.8) is 0 Å². The second kappa shape index (κ2) is 7.04. The summed E-state index contributed by atoms with van der Waals surface area (Å²) in [6.07, 6.45) is 5.04. The van der Waals surface area contributed by atoms with Crippen LogP contribution in [0, 0.1) is 0 Å². The van der Waals surface area contributed by atoms with Gasteiger partial charge in [0.25, 0.3) is 0 Å². The predicted molar refractivity (Wildman–Crippen MR) is 96.2 cm³/mol. The lowest BCUT2D eigenvalue weighted by Gasteiger charge is -2.32. The number of aromatic nitrogens is 3. The Morgan fingerprint density at radius 1 is 1.24 bits per heavy atom. The maximum atomic E-state index is 12.1. The van der Waals surface area contributed by atoms with Crippen LogP contribution >= 0.6 is 11.6 Å². The molecule has 2 aromatic rings. The number of piperidine rings is 1. The van der Waals surface area contributed by atoms with E-state index in [2.05, 4.69) is 10.1 Å². The molecule has 2 aromatic heterocycles. The van der Waals surface area contributed by atoms with Crippen LogP contribution < -0.4 is 0 Å². The summed E-state index contributed by atoms with van der Waals surface area (Å²) >= 11 is 5.87. The summed E-state index contributed by atoms with van der Waals surface area (Å²) in [6.45, 7) is 7.02. The van der Waals surface area contributed by atoms with E-state index in [4.69, 9.17) is 16.3 Å². The van der Waals surface area contributed by atoms with Crippen LogP contribution in [-0.2, 0) is 4.74 Å². The summed E-state index contributed by atoms with van der Waals surface area (Å²) in [5.74, 6) is 1.08. The Labute approximate surface area is 152 Å². The highest BCUT2D eigenvalue weighted by Crippen LogP contribution is 2.28. The second-order valence-corrected chi connectivity index (χ2v) is 7.70. The van der Waals surface area contributed by atoms with Gasteiger partial charge in [0.1, 0.15) is 5.60 Å². The minimum atomic E-state index is -0.460. The Hall–Kier alpha value is -2.08. The molecule has 1 fully saturated rings. The van der Waals surface area contributed by atoms with Gasteiger partial charge in [-0.1, -0.05) is 11.6 Å². The Bertz CT molecular complexity index is 728. The number of ether oxygens (including phenoxy) is 1. The molecule has 0 atom stereocenters. The van der Waals surface area contributed by atoms with Crippen molar-refractivity contribution in [2.75, 3.05) is 13.1 Å². The Morgan fingerprint density at radius 3 is 2.56 bits per heavy atom. The summed E-state index contributed by atoms with van der Waals surface area (Å²) in [5.41, 5.74) is 0.568. The van der Waals surface area contributed by atoms with Crippen LogP contribution in [0.5, 0.6) is 0 Å². The molecular formula is C18H23ClN4O2. The van der Waals surface area contributed by atoms with E-state index in [1.807, 2.05) is 39.1 Å². The first-order valence-corrected chi connectivity index (χ1v) is 8.85. The number of nitrogens with zero attached hydrogens (tertiary/aromatic N) is 4. The molecule has 134 valence electrons. The van der Waals surface area contributed by atoms with E-state index in [1.54, 1.807) is 21.8 Å². The Balaban J connectivity index is 1.60. The number of amides is 1. The molecule has 6 nitrogen and oxygen atoms in total. The molecule has 1 aliphatic heterocycles. The lowest BCUT2D eigenvalue weighted by Crippen LogP contribution is -2.41. The maximum Gasteiger partial charge on any atom is 0.410 e. The average Bonchev–Trinajstić information content (AvgIpc) is 3.04. The van der Waals surface area contributed by atoms with Crippen molar-refractivity contribution in [1.82, 2.24) is 19.7 Å². The molecule has 25 heavy (non-hydrogen) atoms. The number of hydrogen-bond acceptors (Lipinski definition) is 4. The van der Waals surface area contributed by atoms with Crippen molar-refractivity contribution in [2.45, 2.75) is 45.1 Å². The molecule has 0 spiro atoms. The number of rotatable bonds is 2. The summed E-state index contributed by atoms with van der Waals surface area (Å²) in [5, 5.41) is 5.24. The largest absolute Gasteiger partial charge is 0.444 e. The van der Waals surface area contributed by atoms with E-state index in [0.717, 1.165) is 24.4 Å². The minimum Gasteiger partial charge on any atom is -0.444 e. The standard InChI is InChI=1S/C18H23ClN4O2/c1-18(2,3)25-17(24)22-9-6-13(7-10-22)15-8-11-23(21-15)16-5-4-14(19)12-20-16/h4-5,8,11-13H,6-7,9-10H2,1-3H3. The highest BCUT2D eigenvalue weighted by Gasteiger charge is 2.28. The van der Waals surface area contributed by atoms with Gasteiger partial charge in [-0.05, 0) is 51.8 Å². The first kappa shape index (κ1) is 17.7. The molecule has 0 unspecified atom stereocenters. The van der Waals surface area contributed by atoms with E-state index in [1.165, 1.54) is 0 Å². The van der Waals surface area contributed by atoms with Crippen molar-refractivity contribution in [1.29, 1.82) is 0 Å². The number of carbonyl (C=O) groups is 1. The molecule has 7 heteroatoms. The van der Waals surface area contributed by atoms with Crippen molar-refractivity contribution in [2.24, 2.45) is 0 Å². The molecular weight excluding hydrogens is 340 g/mol. The van der Waals surface area contributed by atoms with Gasteiger partial charge in [0, 0.05) is 31.4 Å². The van der Waals surface area contributed by atoms with E-state index < -0.39 is 5.60 Å². The third-order valence-corrected chi connectivity index (χ3v) is 4.34. The number of carbonyl (C=O) groups excluding carboxylic acids is 1. The number of pyridine rings is 1. The topological polar surface area (TPSA) is 60.2 Å². The summed E-state index contributed by atoms with van der Waals surface area (Å²) in [7, 11) is 0. The third-order valence-electron chi connectivity index (χ3n) is 4.12. The van der Waals surface area contributed by atoms with Crippen molar-refractivity contribution in [3.05, 3.63) is 41.3 Å². The van der Waals surface area contributed by atoms with Crippen LogP contribution in [0.4, 0.5) is 4.79 Å². The van der Waals surface area contributed by atoms with Gasteiger partial charge in [0.05, 0.1) is 10.7 Å². The van der Waals surface area contributed by atoms with Gasteiger partial charge in [-0.2, -0.15) is 5.10 Å². The smallest absolute Gasteiger partial charge is 0.410 e. The quantitative estimate of drug-likeness (QED) is 0.809. The zero-order valence-corrected chi connectivity index (χ0v) is 15.5. The molecule has 3 heterocycles. The summed E-state index contributed by atoms with van der Waals surface area (Å²) < 4.78 is 7.19. The van der Waals surface area contributed by atoms with E-state index >= 15 is 0 Å². The second-order valence-electron chi connectivity index (χ2n) is 7.26. The zero-order chi connectivity index (χ0) is 18.0. The van der Waals surface area contributed by atoms with Gasteiger partial charge in [-0.3, -0.25) is 0 Å². The third kappa shape index (κ3) is 4.51. The van der Waals surface area contributed by atoms with Crippen LogP contribution in [0.25, 0.3) is 5.82 Å². The van der Waals surface area contributed by atoms with Gasteiger partial charge in [0.2, 0.25) is 0 Å². The first-order chi connectivity index (χ1) is 11.8. The predicted octanol–water partition coefficient (Wildman–Crippen LogP) is 4.04. The van der Waals surface area contributed by atoms with Gasteiger partial charge < -0.3 is 9.64 Å². The lowest BCUT2D eigenvalue weighted by atomic mass is 9.94. The van der Waals surface area contributed by atoms with E-state index in [-0.39, 0.29) is 6.09 Å². The van der Waals surface area contributed by atoms with Crippen molar-refractivity contribution in [3.8, 4) is 5.82 Å². The van der Waals surface area contributed by atoms with Gasteiger partial charge >= 0.3 is 6.09 Å². The number of hydrogen-bond donors (Lipinski definition) is 0. The van der Waals surface area contributed by atoms with Crippen LogP contribution in [0.15, 0.2) is 30.6 Å². The van der Waals surface area contributed by atoms with Crippen molar-refractivity contribution >= 4 is 17.7 Å². The van der Waals surface area contributed by atoms with Gasteiger partial charge in [-0.15, -0.1) is 0 Å². The Morgan fingerprint density at radius 2 is 1.96 bits per heavy atom. The van der Waals surface area contributed by atoms with E-state index in [0.29, 0.717) is 24.0 Å². The number of likely N-dealkylation sites (tertiary alicyclic amines) is 1. The molecule has 0 radical (unpaired) electrons. The minimum absolute atomic E-state index is 0.234. The lowest BCUT2D eigenvalue weighted by molar-refractivity contribution is 0.0204. The van der Waals surface area contributed by atoms with Crippen LogP contribution in [0.3, 0.4) is 0 Å². The molecule has 0 aromatic carbocycles. The molecule has 0 bridgehead atoms. The molecule has 0 N–H and O–H groups in total. The summed E-state index contributed by atoms with van der Waals surface area (Å²) in [6, 6.07) is 5.65. The highest BCUT2D eigenvalue weighted by molar-refractivity contribution is 6.30. The van der Waals surface area contributed by atoms with Gasteiger partial charge in [-0.25, -0.2) is 14.5 Å². The Kier molecular flexibility index (Phi) is 4.99. The van der Waals surface area contributed by atoms with E-state index in [9.17, 15) is 4.79 Å². The normalized spacial score (nSPS) is 16.1. The molecule has 3 rings (SSSR count). The van der Waals surface area contributed by atoms with Crippen LogP contribution in [-0.4, -0.2) is 44.4 Å².